The number of rotatable bonds is 3. The Morgan fingerprint density at radius 3 is 3.00 bits per heavy atom. The first-order chi connectivity index (χ1) is 9.63. The lowest BCUT2D eigenvalue weighted by atomic mass is 10.1. The third-order valence-corrected chi connectivity index (χ3v) is 4.09. The molecule has 0 saturated carbocycles. The molecule has 1 heterocycles. The van der Waals surface area contributed by atoms with Gasteiger partial charge in [0.1, 0.15) is 17.7 Å². The predicted molar refractivity (Wildman–Crippen MR) is 81.9 cm³/mol. The van der Waals surface area contributed by atoms with Gasteiger partial charge in [-0.3, -0.25) is 0 Å². The number of nitrogens with one attached hydrogen (secondary N) is 1. The van der Waals surface area contributed by atoms with Gasteiger partial charge in [0, 0.05) is 10.9 Å². The van der Waals surface area contributed by atoms with Gasteiger partial charge in [-0.25, -0.2) is 4.39 Å². The Kier molecular flexibility index (Phi) is 3.66. The van der Waals surface area contributed by atoms with Crippen molar-refractivity contribution < 1.29 is 9.13 Å². The number of fused-ring (bicyclic) bond motifs is 1. The van der Waals surface area contributed by atoms with E-state index in [0.717, 1.165) is 16.6 Å². The van der Waals surface area contributed by atoms with Crippen molar-refractivity contribution in [3.05, 3.63) is 57.8 Å². The molecular weight excluding hydrogens is 321 g/mol. The molecule has 0 aliphatic carbocycles. The van der Waals surface area contributed by atoms with Crippen LogP contribution in [0.3, 0.4) is 0 Å². The van der Waals surface area contributed by atoms with Gasteiger partial charge in [0.15, 0.2) is 0 Å². The summed E-state index contributed by atoms with van der Waals surface area (Å²) in [4.78, 5) is 0. The molecular formula is C16H15BrFNO. The molecule has 2 nitrogen and oxygen atoms in total. The molecule has 1 N–H and O–H groups in total. The van der Waals surface area contributed by atoms with Crippen molar-refractivity contribution in [1.29, 1.82) is 0 Å². The fourth-order valence-corrected chi connectivity index (χ4v) is 2.93. The van der Waals surface area contributed by atoms with Crippen molar-refractivity contribution >= 4 is 21.6 Å². The zero-order valence-electron chi connectivity index (χ0n) is 11.1. The average Bonchev–Trinajstić information content (AvgIpc) is 2.80. The minimum atomic E-state index is -0.259. The summed E-state index contributed by atoms with van der Waals surface area (Å²) in [6.45, 7) is 2.65. The molecule has 0 bridgehead atoms. The lowest BCUT2D eigenvalue weighted by Gasteiger charge is -2.14. The molecule has 2 aromatic rings. The number of anilines is 1. The Bertz CT molecular complexity index is 624. The summed E-state index contributed by atoms with van der Waals surface area (Å²) in [7, 11) is 0. The summed E-state index contributed by atoms with van der Waals surface area (Å²) in [6, 6.07) is 11.1. The molecule has 2 aromatic carbocycles. The van der Waals surface area contributed by atoms with Crippen LogP contribution in [0.15, 0.2) is 40.9 Å². The Balaban J connectivity index is 1.67. The van der Waals surface area contributed by atoms with E-state index in [2.05, 4.69) is 34.2 Å². The van der Waals surface area contributed by atoms with Crippen LogP contribution in [0.1, 0.15) is 11.1 Å². The van der Waals surface area contributed by atoms with Gasteiger partial charge in [-0.15, -0.1) is 0 Å². The number of hydrogen-bond acceptors (Lipinski definition) is 2. The standard InChI is InChI=1S/C16H15BrFNO/c1-10-5-6-15-11(7-10)8-12(20-15)9-19-16-13(17)3-2-4-14(16)18/h2-7,12,19H,8-9H2,1H3. The van der Waals surface area contributed by atoms with Crippen LogP contribution in [-0.4, -0.2) is 12.6 Å². The summed E-state index contributed by atoms with van der Waals surface area (Å²) in [5.41, 5.74) is 2.95. The third kappa shape index (κ3) is 2.66. The molecule has 0 aromatic heterocycles. The van der Waals surface area contributed by atoms with Crippen LogP contribution in [0.4, 0.5) is 10.1 Å². The molecule has 0 amide bonds. The SMILES string of the molecule is Cc1ccc2c(c1)CC(CNc1c(F)cccc1Br)O2. The highest BCUT2D eigenvalue weighted by Gasteiger charge is 2.23. The number of ether oxygens (including phenoxy) is 1. The number of benzene rings is 2. The second-order valence-corrected chi connectivity index (χ2v) is 5.89. The van der Waals surface area contributed by atoms with E-state index in [-0.39, 0.29) is 11.9 Å². The van der Waals surface area contributed by atoms with E-state index in [1.54, 1.807) is 6.07 Å². The lowest BCUT2D eigenvalue weighted by molar-refractivity contribution is 0.246. The third-order valence-electron chi connectivity index (χ3n) is 3.43. The average molecular weight is 336 g/mol. The molecule has 4 heteroatoms. The fourth-order valence-electron chi connectivity index (χ4n) is 2.45. The monoisotopic (exact) mass is 335 g/mol. The zero-order chi connectivity index (χ0) is 14.1. The van der Waals surface area contributed by atoms with Gasteiger partial charge < -0.3 is 10.1 Å². The van der Waals surface area contributed by atoms with Crippen molar-refractivity contribution in [2.24, 2.45) is 0 Å². The minimum Gasteiger partial charge on any atom is -0.488 e. The van der Waals surface area contributed by atoms with Crippen molar-refractivity contribution in [2.45, 2.75) is 19.4 Å². The van der Waals surface area contributed by atoms with E-state index in [4.69, 9.17) is 4.74 Å². The molecule has 3 rings (SSSR count). The van der Waals surface area contributed by atoms with Gasteiger partial charge in [-0.1, -0.05) is 23.8 Å². The van der Waals surface area contributed by atoms with Crippen LogP contribution in [-0.2, 0) is 6.42 Å². The first-order valence-corrected chi connectivity index (χ1v) is 7.37. The maximum atomic E-state index is 13.7. The highest BCUT2D eigenvalue weighted by atomic mass is 79.9. The van der Waals surface area contributed by atoms with Crippen molar-refractivity contribution in [3.63, 3.8) is 0 Å². The summed E-state index contributed by atoms with van der Waals surface area (Å²) < 4.78 is 20.3. The predicted octanol–water partition coefficient (Wildman–Crippen LogP) is 4.31. The van der Waals surface area contributed by atoms with Crippen LogP contribution < -0.4 is 10.1 Å². The van der Waals surface area contributed by atoms with Crippen LogP contribution >= 0.6 is 15.9 Å². The van der Waals surface area contributed by atoms with E-state index < -0.39 is 0 Å². The number of para-hydroxylation sites is 1. The van der Waals surface area contributed by atoms with E-state index in [1.807, 2.05) is 18.2 Å². The number of hydrogen-bond donors (Lipinski definition) is 1. The molecule has 0 spiro atoms. The second-order valence-electron chi connectivity index (χ2n) is 5.03. The van der Waals surface area contributed by atoms with Gasteiger partial charge in [0.05, 0.1) is 12.2 Å². The molecule has 0 radical (unpaired) electrons. The zero-order valence-corrected chi connectivity index (χ0v) is 12.7. The van der Waals surface area contributed by atoms with Crippen molar-refractivity contribution in [2.75, 3.05) is 11.9 Å². The van der Waals surface area contributed by atoms with E-state index in [0.29, 0.717) is 12.2 Å². The molecule has 104 valence electrons. The second kappa shape index (κ2) is 5.44. The molecule has 0 fully saturated rings. The quantitative estimate of drug-likeness (QED) is 0.902. The smallest absolute Gasteiger partial charge is 0.147 e. The van der Waals surface area contributed by atoms with E-state index >= 15 is 0 Å². The van der Waals surface area contributed by atoms with Gasteiger partial charge in [-0.05, 0) is 46.6 Å². The lowest BCUT2D eigenvalue weighted by Crippen LogP contribution is -2.24. The molecule has 0 saturated heterocycles. The highest BCUT2D eigenvalue weighted by molar-refractivity contribution is 9.10. The Morgan fingerprint density at radius 2 is 2.20 bits per heavy atom. The van der Waals surface area contributed by atoms with Gasteiger partial charge in [0.2, 0.25) is 0 Å². The van der Waals surface area contributed by atoms with Crippen LogP contribution in [0.5, 0.6) is 5.75 Å². The topological polar surface area (TPSA) is 21.3 Å². The van der Waals surface area contributed by atoms with Crippen LogP contribution in [0.2, 0.25) is 0 Å². The molecule has 20 heavy (non-hydrogen) atoms. The molecule has 1 atom stereocenters. The van der Waals surface area contributed by atoms with Gasteiger partial charge >= 0.3 is 0 Å². The van der Waals surface area contributed by atoms with E-state index in [1.165, 1.54) is 17.2 Å². The van der Waals surface area contributed by atoms with Crippen LogP contribution in [0.25, 0.3) is 0 Å². The number of halogens is 2. The normalized spacial score (nSPS) is 16.6. The maximum Gasteiger partial charge on any atom is 0.147 e. The van der Waals surface area contributed by atoms with Gasteiger partial charge in [-0.2, -0.15) is 0 Å². The number of aryl methyl sites for hydroxylation is 1. The Hall–Kier alpha value is -1.55. The molecule has 1 unspecified atom stereocenters. The summed E-state index contributed by atoms with van der Waals surface area (Å²) in [5, 5.41) is 3.13. The fraction of sp³-hybridized carbons (Fsp3) is 0.250. The minimum absolute atomic E-state index is 0.0401. The largest absolute Gasteiger partial charge is 0.488 e. The summed E-state index contributed by atoms with van der Waals surface area (Å²) in [5.74, 6) is 0.681. The summed E-state index contributed by atoms with van der Waals surface area (Å²) >= 11 is 3.35. The first-order valence-electron chi connectivity index (χ1n) is 6.57. The Labute approximate surface area is 126 Å². The first kappa shape index (κ1) is 13.4. The van der Waals surface area contributed by atoms with Crippen molar-refractivity contribution in [3.8, 4) is 5.75 Å². The Morgan fingerprint density at radius 1 is 1.35 bits per heavy atom. The van der Waals surface area contributed by atoms with Crippen molar-refractivity contribution in [1.82, 2.24) is 0 Å². The van der Waals surface area contributed by atoms with E-state index in [9.17, 15) is 4.39 Å². The molecule has 1 aliphatic heterocycles. The van der Waals surface area contributed by atoms with Gasteiger partial charge in [0.25, 0.3) is 0 Å². The molecule has 1 aliphatic rings. The van der Waals surface area contributed by atoms with Crippen LogP contribution in [0, 0.1) is 12.7 Å². The maximum absolute atomic E-state index is 13.7. The summed E-state index contributed by atoms with van der Waals surface area (Å²) in [6.07, 6.45) is 0.897. The highest BCUT2D eigenvalue weighted by Crippen LogP contribution is 2.30.